The van der Waals surface area contributed by atoms with Crippen molar-refractivity contribution in [3.8, 4) is 11.1 Å². The molecule has 0 heterocycles. The molecular formula is C26H25F3O3S2. The highest BCUT2D eigenvalue weighted by Crippen LogP contribution is 2.36. The average Bonchev–Trinajstić information content (AvgIpc) is 2.80. The summed E-state index contributed by atoms with van der Waals surface area (Å²) in [7, 11) is -6.09. The van der Waals surface area contributed by atoms with Crippen LogP contribution in [-0.4, -0.2) is 24.2 Å². The summed E-state index contributed by atoms with van der Waals surface area (Å²) in [5.41, 5.74) is -1.54. The average molecular weight is 507 g/mol. The normalized spacial score (nSPS) is 11.9. The van der Waals surface area contributed by atoms with E-state index in [0.717, 1.165) is 5.75 Å². The Labute approximate surface area is 201 Å². The first-order valence-corrected chi connectivity index (χ1v) is 13.4. The quantitative estimate of drug-likeness (QED) is 0.0720. The molecule has 4 aromatic rings. The van der Waals surface area contributed by atoms with Crippen molar-refractivity contribution in [2.24, 2.45) is 0 Å². The van der Waals surface area contributed by atoms with Crippen molar-refractivity contribution in [3.63, 3.8) is 0 Å². The zero-order valence-electron chi connectivity index (χ0n) is 18.5. The van der Waals surface area contributed by atoms with Gasteiger partial charge in [0.05, 0.1) is 0 Å². The van der Waals surface area contributed by atoms with E-state index in [0.29, 0.717) is 0 Å². The lowest BCUT2D eigenvalue weighted by atomic mass is 9.92. The molecule has 0 aliphatic rings. The van der Waals surface area contributed by atoms with Gasteiger partial charge in [-0.25, -0.2) is 8.42 Å². The highest BCUT2D eigenvalue weighted by atomic mass is 32.2. The van der Waals surface area contributed by atoms with E-state index in [9.17, 15) is 13.2 Å². The maximum absolute atomic E-state index is 10.7. The monoisotopic (exact) mass is 506 g/mol. The third kappa shape index (κ3) is 6.52. The third-order valence-corrected chi connectivity index (χ3v) is 7.05. The second-order valence-electron chi connectivity index (χ2n) is 7.75. The summed E-state index contributed by atoms with van der Waals surface area (Å²) >= 11 is 1.54. The predicted molar refractivity (Wildman–Crippen MR) is 135 cm³/mol. The number of hydrogen-bond donors (Lipinski definition) is 0. The molecule has 0 atom stereocenters. The Morgan fingerprint density at radius 3 is 1.82 bits per heavy atom. The predicted octanol–water partition coefficient (Wildman–Crippen LogP) is 6.83. The number of thiol groups is 1. The fraction of sp³-hybridized carbons (Fsp3) is 0.231. The molecule has 0 bridgehead atoms. The van der Waals surface area contributed by atoms with E-state index in [1.54, 1.807) is 11.8 Å². The number of rotatable bonds is 6. The van der Waals surface area contributed by atoms with Gasteiger partial charge in [-0.05, 0) is 56.9 Å². The van der Waals surface area contributed by atoms with Crippen LogP contribution in [0.1, 0.15) is 25.3 Å². The summed E-state index contributed by atoms with van der Waals surface area (Å²) in [5, 5.41) is 5.28. The molecule has 8 heteroatoms. The number of hydrogen-bond acceptors (Lipinski definition) is 3. The van der Waals surface area contributed by atoms with Gasteiger partial charge in [-0.1, -0.05) is 86.1 Å². The highest BCUT2D eigenvalue weighted by molar-refractivity contribution is 7.86. The van der Waals surface area contributed by atoms with Gasteiger partial charge in [0.2, 0.25) is 0 Å². The molecule has 180 valence electrons. The van der Waals surface area contributed by atoms with Gasteiger partial charge in [0.15, 0.2) is 10.1 Å². The van der Waals surface area contributed by atoms with E-state index in [4.69, 9.17) is 13.0 Å². The number of benzene rings is 4. The topological polar surface area (TPSA) is 57.2 Å². The second kappa shape index (κ2) is 11.3. The molecule has 0 unspecified atom stereocenters. The Hall–Kier alpha value is -2.55. The Morgan fingerprint density at radius 1 is 0.853 bits per heavy atom. The van der Waals surface area contributed by atoms with E-state index in [1.807, 2.05) is 0 Å². The van der Waals surface area contributed by atoms with Crippen LogP contribution in [0.25, 0.3) is 32.7 Å². The number of alkyl halides is 3. The Bertz CT molecular complexity index is 1300. The summed E-state index contributed by atoms with van der Waals surface area (Å²) in [6.45, 7) is 2.26. The molecular weight excluding hydrogens is 481 g/mol. The van der Waals surface area contributed by atoms with Gasteiger partial charge in [0.25, 0.3) is 0 Å². The zero-order chi connectivity index (χ0) is 24.8. The SMILES string of the molecule is CCCC[SH+]Cc1ccc(-c2c3ccccc3cc3ccccc23)cc1.O=S(=O)([O-])C(F)(F)F. The molecule has 0 amide bonds. The van der Waals surface area contributed by atoms with Gasteiger partial charge in [-0.3, -0.25) is 0 Å². The van der Waals surface area contributed by atoms with E-state index in [-0.39, 0.29) is 0 Å². The van der Waals surface area contributed by atoms with Crippen molar-refractivity contribution in [2.45, 2.75) is 31.0 Å². The third-order valence-electron chi connectivity index (χ3n) is 5.26. The summed E-state index contributed by atoms with van der Waals surface area (Å²) < 4.78 is 58.9. The van der Waals surface area contributed by atoms with Crippen molar-refractivity contribution < 1.29 is 26.1 Å². The molecule has 0 aliphatic carbocycles. The minimum atomic E-state index is -6.09. The maximum Gasteiger partial charge on any atom is 0.485 e. The molecule has 0 saturated heterocycles. The Morgan fingerprint density at radius 2 is 1.35 bits per heavy atom. The first-order valence-electron chi connectivity index (χ1n) is 10.8. The van der Waals surface area contributed by atoms with Gasteiger partial charge in [0, 0.05) is 5.56 Å². The van der Waals surface area contributed by atoms with Crippen molar-refractivity contribution in [2.75, 3.05) is 5.75 Å². The number of fused-ring (bicyclic) bond motifs is 2. The molecule has 34 heavy (non-hydrogen) atoms. The standard InChI is InChI=1S/C25H24S.CHF3O3S/c1-2-3-16-26-18-19-12-14-20(15-13-19)25-23-10-6-4-8-21(23)17-22-9-5-7-11-24(22)25;2-1(3,4)8(5,6)7/h4-15,17H,2-3,16,18H2,1H3;(H,5,6,7). The minimum absolute atomic E-state index is 1.16. The molecule has 0 radical (unpaired) electrons. The first-order chi connectivity index (χ1) is 16.1. The molecule has 0 saturated carbocycles. The Balaban J connectivity index is 0.000000350. The Kier molecular flexibility index (Phi) is 8.62. The van der Waals surface area contributed by atoms with Crippen LogP contribution in [0, 0.1) is 0 Å². The molecule has 4 aromatic carbocycles. The van der Waals surface area contributed by atoms with Gasteiger partial charge in [-0.2, -0.15) is 13.2 Å². The van der Waals surface area contributed by atoms with Crippen molar-refractivity contribution >= 4 is 43.4 Å². The van der Waals surface area contributed by atoms with Crippen LogP contribution in [0.3, 0.4) is 0 Å². The van der Waals surface area contributed by atoms with Crippen LogP contribution in [0.5, 0.6) is 0 Å². The summed E-state index contributed by atoms with van der Waals surface area (Å²) in [5.74, 6) is 2.47. The van der Waals surface area contributed by atoms with Crippen LogP contribution in [0.4, 0.5) is 13.2 Å². The molecule has 4 rings (SSSR count). The lowest BCUT2D eigenvalue weighted by Crippen LogP contribution is -2.21. The van der Waals surface area contributed by atoms with Gasteiger partial charge in [0.1, 0.15) is 11.5 Å². The minimum Gasteiger partial charge on any atom is -0.741 e. The van der Waals surface area contributed by atoms with Crippen LogP contribution >= 0.6 is 0 Å². The molecule has 0 spiro atoms. The fourth-order valence-corrected chi connectivity index (χ4v) is 4.75. The van der Waals surface area contributed by atoms with Crippen LogP contribution in [0.2, 0.25) is 0 Å². The van der Waals surface area contributed by atoms with Crippen LogP contribution < -0.4 is 0 Å². The van der Waals surface area contributed by atoms with Gasteiger partial charge >= 0.3 is 5.51 Å². The van der Waals surface area contributed by atoms with E-state index in [2.05, 4.69) is 85.8 Å². The van der Waals surface area contributed by atoms with Crippen molar-refractivity contribution in [3.05, 3.63) is 84.4 Å². The van der Waals surface area contributed by atoms with Crippen LogP contribution in [-0.2, 0) is 27.6 Å². The maximum atomic E-state index is 10.7. The lowest BCUT2D eigenvalue weighted by Gasteiger charge is -2.12. The molecule has 0 fully saturated rings. The largest absolute Gasteiger partial charge is 0.741 e. The van der Waals surface area contributed by atoms with Crippen molar-refractivity contribution in [1.29, 1.82) is 0 Å². The van der Waals surface area contributed by atoms with E-state index in [1.165, 1.54) is 56.8 Å². The number of unbranched alkanes of at least 4 members (excludes halogenated alkanes) is 1. The highest BCUT2D eigenvalue weighted by Gasteiger charge is 2.36. The molecule has 0 N–H and O–H groups in total. The number of halogens is 3. The fourth-order valence-electron chi connectivity index (χ4n) is 3.58. The second-order valence-corrected chi connectivity index (χ2v) is 10.3. The smallest absolute Gasteiger partial charge is 0.485 e. The zero-order valence-corrected chi connectivity index (χ0v) is 20.3. The molecule has 3 nitrogen and oxygen atoms in total. The summed E-state index contributed by atoms with van der Waals surface area (Å²) in [6.07, 6.45) is 2.63. The lowest BCUT2D eigenvalue weighted by molar-refractivity contribution is -0.0517. The van der Waals surface area contributed by atoms with E-state index >= 15 is 0 Å². The van der Waals surface area contributed by atoms with Crippen LogP contribution in [0.15, 0.2) is 78.9 Å². The molecule has 0 aliphatic heterocycles. The van der Waals surface area contributed by atoms with Crippen molar-refractivity contribution in [1.82, 2.24) is 0 Å². The van der Waals surface area contributed by atoms with Gasteiger partial charge < -0.3 is 4.55 Å². The summed E-state index contributed by atoms with van der Waals surface area (Å²) in [6, 6.07) is 29.0. The molecule has 0 aromatic heterocycles. The first kappa shape index (κ1) is 26.1. The summed E-state index contributed by atoms with van der Waals surface area (Å²) in [4.78, 5) is 0. The van der Waals surface area contributed by atoms with Gasteiger partial charge in [-0.15, -0.1) is 0 Å². The van der Waals surface area contributed by atoms with E-state index < -0.39 is 15.6 Å².